The van der Waals surface area contributed by atoms with Gasteiger partial charge in [-0.05, 0) is 48.8 Å². The predicted molar refractivity (Wildman–Crippen MR) is 94.1 cm³/mol. The number of rotatable bonds is 4. The molecule has 0 unspecified atom stereocenters. The van der Waals surface area contributed by atoms with Gasteiger partial charge in [0.25, 0.3) is 5.91 Å². The second-order valence-corrected chi connectivity index (χ2v) is 6.90. The largest absolute Gasteiger partial charge is 0.352 e. The number of hydrogen-bond acceptors (Lipinski definition) is 3. The Labute approximate surface area is 139 Å². The number of benzene rings is 1. The summed E-state index contributed by atoms with van der Waals surface area (Å²) in [5.74, 6) is 0.0401. The smallest absolute Gasteiger partial charge is 0.252 e. The molecule has 4 heteroatoms. The van der Waals surface area contributed by atoms with Crippen molar-refractivity contribution in [2.24, 2.45) is 0 Å². The lowest BCUT2D eigenvalue weighted by molar-refractivity contribution is 0.0955. The normalized spacial score (nSPS) is 13.2. The second kappa shape index (κ2) is 6.13. The lowest BCUT2D eigenvalue weighted by atomic mass is 10.0. The number of nitrogens with zero attached hydrogens (tertiary/aromatic N) is 1. The Kier molecular flexibility index (Phi) is 3.83. The first-order valence-electron chi connectivity index (χ1n) is 8.04. The Bertz CT molecular complexity index is 855. The third-order valence-electron chi connectivity index (χ3n) is 4.38. The number of aromatic nitrogens is 1. The molecule has 0 radical (unpaired) electrons. The van der Waals surface area contributed by atoms with Crippen molar-refractivity contribution in [3.8, 4) is 0 Å². The number of fused-ring (bicyclic) bond motifs is 2. The Hall–Kier alpha value is -2.20. The van der Waals surface area contributed by atoms with Crippen molar-refractivity contribution in [1.29, 1.82) is 0 Å². The topological polar surface area (TPSA) is 42.0 Å². The third kappa shape index (κ3) is 2.75. The van der Waals surface area contributed by atoms with E-state index in [0.717, 1.165) is 53.4 Å². The molecule has 1 amide bonds. The molecule has 0 atom stereocenters. The molecule has 0 fully saturated rings. The van der Waals surface area contributed by atoms with Gasteiger partial charge in [0.05, 0.1) is 11.1 Å². The summed E-state index contributed by atoms with van der Waals surface area (Å²) in [4.78, 5) is 18.9. The fourth-order valence-electron chi connectivity index (χ4n) is 3.31. The van der Waals surface area contributed by atoms with Gasteiger partial charge in [0.15, 0.2) is 0 Å². The van der Waals surface area contributed by atoms with E-state index in [1.54, 1.807) is 11.3 Å². The molecule has 1 N–H and O–H groups in total. The highest BCUT2D eigenvalue weighted by Gasteiger charge is 2.23. The first-order chi connectivity index (χ1) is 11.3. The number of nitrogens with one attached hydrogen (secondary N) is 1. The van der Waals surface area contributed by atoms with Crippen LogP contribution in [0.15, 0.2) is 41.8 Å². The molecule has 1 aromatic carbocycles. The summed E-state index contributed by atoms with van der Waals surface area (Å²) < 4.78 is 0. The molecule has 0 spiro atoms. The number of aryl methyl sites for hydroxylation is 1. The summed E-state index contributed by atoms with van der Waals surface area (Å²) >= 11 is 1.73. The maximum atomic E-state index is 12.8. The summed E-state index contributed by atoms with van der Waals surface area (Å²) in [6, 6.07) is 12.1. The zero-order valence-corrected chi connectivity index (χ0v) is 13.7. The van der Waals surface area contributed by atoms with Crippen molar-refractivity contribution in [2.75, 3.05) is 6.54 Å². The van der Waals surface area contributed by atoms with Crippen molar-refractivity contribution >= 4 is 28.1 Å². The average molecular weight is 322 g/mol. The Balaban J connectivity index is 1.63. The van der Waals surface area contributed by atoms with E-state index < -0.39 is 0 Å². The lowest BCUT2D eigenvalue weighted by Crippen LogP contribution is -2.27. The highest BCUT2D eigenvalue weighted by Crippen LogP contribution is 2.29. The number of para-hydroxylation sites is 1. The third-order valence-corrected chi connectivity index (χ3v) is 5.32. The quantitative estimate of drug-likeness (QED) is 0.795. The summed E-state index contributed by atoms with van der Waals surface area (Å²) in [6.45, 7) is 0.671. The minimum Gasteiger partial charge on any atom is -0.352 e. The Morgan fingerprint density at radius 2 is 2.09 bits per heavy atom. The van der Waals surface area contributed by atoms with Gasteiger partial charge in [0.2, 0.25) is 0 Å². The lowest BCUT2D eigenvalue weighted by Gasteiger charge is -2.12. The zero-order chi connectivity index (χ0) is 15.6. The van der Waals surface area contributed by atoms with Crippen LogP contribution in [0.3, 0.4) is 0 Å². The van der Waals surface area contributed by atoms with Gasteiger partial charge in [0, 0.05) is 22.5 Å². The maximum absolute atomic E-state index is 12.8. The molecule has 4 rings (SSSR count). The van der Waals surface area contributed by atoms with Crippen LogP contribution in [0.5, 0.6) is 0 Å². The molecule has 1 aliphatic carbocycles. The van der Waals surface area contributed by atoms with Crippen LogP contribution in [0.2, 0.25) is 0 Å². The van der Waals surface area contributed by atoms with Crippen molar-refractivity contribution in [2.45, 2.75) is 25.7 Å². The average Bonchev–Trinajstić information content (AvgIpc) is 3.23. The number of hydrogen-bond donors (Lipinski definition) is 1. The SMILES string of the molecule is O=C(NCCc1cccs1)c1c2c(nc3ccccc13)CCC2. The van der Waals surface area contributed by atoms with Crippen molar-refractivity contribution in [3.63, 3.8) is 0 Å². The molecule has 2 heterocycles. The molecule has 3 aromatic rings. The second-order valence-electron chi connectivity index (χ2n) is 5.87. The van der Waals surface area contributed by atoms with Crippen LogP contribution in [-0.4, -0.2) is 17.4 Å². The monoisotopic (exact) mass is 322 g/mol. The summed E-state index contributed by atoms with van der Waals surface area (Å²) in [6.07, 6.45) is 3.92. The van der Waals surface area contributed by atoms with Crippen LogP contribution in [-0.2, 0) is 19.3 Å². The number of pyridine rings is 1. The van der Waals surface area contributed by atoms with E-state index in [2.05, 4.69) is 16.8 Å². The molecule has 3 nitrogen and oxygen atoms in total. The molecular weight excluding hydrogens is 304 g/mol. The number of thiophene rings is 1. The Morgan fingerprint density at radius 3 is 2.96 bits per heavy atom. The first-order valence-corrected chi connectivity index (χ1v) is 8.92. The van der Waals surface area contributed by atoms with Crippen molar-refractivity contribution in [1.82, 2.24) is 10.3 Å². The van der Waals surface area contributed by atoms with Crippen molar-refractivity contribution < 1.29 is 4.79 Å². The van der Waals surface area contributed by atoms with Gasteiger partial charge in [-0.3, -0.25) is 9.78 Å². The van der Waals surface area contributed by atoms with Gasteiger partial charge in [-0.25, -0.2) is 0 Å². The maximum Gasteiger partial charge on any atom is 0.252 e. The molecule has 0 saturated carbocycles. The van der Waals surface area contributed by atoms with E-state index in [4.69, 9.17) is 4.98 Å². The van der Waals surface area contributed by atoms with E-state index in [1.807, 2.05) is 30.3 Å². The van der Waals surface area contributed by atoms with E-state index in [-0.39, 0.29) is 5.91 Å². The first kappa shape index (κ1) is 14.4. The summed E-state index contributed by atoms with van der Waals surface area (Å²) in [7, 11) is 0. The molecule has 23 heavy (non-hydrogen) atoms. The van der Waals surface area contributed by atoms with Crippen molar-refractivity contribution in [3.05, 3.63) is 63.5 Å². The van der Waals surface area contributed by atoms with Crippen LogP contribution >= 0.6 is 11.3 Å². The number of carbonyl (C=O) groups is 1. The highest BCUT2D eigenvalue weighted by molar-refractivity contribution is 7.09. The van der Waals surface area contributed by atoms with Crippen LogP contribution in [0.1, 0.15) is 32.9 Å². The van der Waals surface area contributed by atoms with Crippen LogP contribution in [0.4, 0.5) is 0 Å². The van der Waals surface area contributed by atoms with Crippen LogP contribution < -0.4 is 5.32 Å². The van der Waals surface area contributed by atoms with Gasteiger partial charge >= 0.3 is 0 Å². The number of carbonyl (C=O) groups excluding carboxylic acids is 1. The van der Waals surface area contributed by atoms with Gasteiger partial charge in [0.1, 0.15) is 0 Å². The minimum atomic E-state index is 0.0401. The molecular formula is C19H18N2OS. The molecule has 0 saturated heterocycles. The predicted octanol–water partition coefficient (Wildman–Crippen LogP) is 3.76. The molecule has 2 aromatic heterocycles. The van der Waals surface area contributed by atoms with Crippen LogP contribution in [0.25, 0.3) is 10.9 Å². The van der Waals surface area contributed by atoms with E-state index in [0.29, 0.717) is 6.54 Å². The van der Waals surface area contributed by atoms with E-state index >= 15 is 0 Å². The zero-order valence-electron chi connectivity index (χ0n) is 12.8. The fraction of sp³-hybridized carbons (Fsp3) is 0.263. The molecule has 0 aliphatic heterocycles. The minimum absolute atomic E-state index is 0.0401. The van der Waals surface area contributed by atoms with E-state index in [9.17, 15) is 4.79 Å². The highest BCUT2D eigenvalue weighted by atomic mass is 32.1. The summed E-state index contributed by atoms with van der Waals surface area (Å²) in [5, 5.41) is 6.14. The van der Waals surface area contributed by atoms with Gasteiger partial charge < -0.3 is 5.32 Å². The van der Waals surface area contributed by atoms with Gasteiger partial charge in [-0.15, -0.1) is 11.3 Å². The standard InChI is InChI=1S/C19H18N2OS/c22-19(20-11-10-13-5-4-12-23-13)18-14-6-1-2-8-16(14)21-17-9-3-7-15(17)18/h1-2,4-6,8,12H,3,7,9-11H2,(H,20,22). The van der Waals surface area contributed by atoms with Gasteiger partial charge in [-0.2, -0.15) is 0 Å². The van der Waals surface area contributed by atoms with Crippen LogP contribution in [0, 0.1) is 0 Å². The van der Waals surface area contributed by atoms with Gasteiger partial charge in [-0.1, -0.05) is 24.3 Å². The summed E-state index contributed by atoms with van der Waals surface area (Å²) in [5.41, 5.74) is 4.02. The van der Waals surface area contributed by atoms with E-state index in [1.165, 1.54) is 4.88 Å². The molecule has 1 aliphatic rings. The molecule has 116 valence electrons. The Morgan fingerprint density at radius 1 is 1.17 bits per heavy atom. The molecule has 0 bridgehead atoms. The number of amides is 1. The fourth-order valence-corrected chi connectivity index (χ4v) is 4.02.